The average Bonchev–Trinajstić information content (AvgIpc) is 2.78. The third-order valence-corrected chi connectivity index (χ3v) is 4.21. The van der Waals surface area contributed by atoms with Crippen LogP contribution in [-0.4, -0.2) is 7.05 Å². The Morgan fingerprint density at radius 3 is 2.00 bits per heavy atom. The van der Waals surface area contributed by atoms with E-state index < -0.39 is 0 Å². The van der Waals surface area contributed by atoms with E-state index >= 15 is 0 Å². The van der Waals surface area contributed by atoms with Gasteiger partial charge in [-0.2, -0.15) is 0 Å². The van der Waals surface area contributed by atoms with E-state index in [1.54, 1.807) is 6.26 Å². The SMILES string of the molecule is CNC(c1ccoc1C)c1c(C)c(C)cc(C)c1C. The zero-order chi connectivity index (χ0) is 14.2. The maximum absolute atomic E-state index is 5.47. The second-order valence-corrected chi connectivity index (χ2v) is 5.33. The third-order valence-electron chi connectivity index (χ3n) is 4.21. The fourth-order valence-electron chi connectivity index (χ4n) is 2.83. The van der Waals surface area contributed by atoms with Gasteiger partial charge >= 0.3 is 0 Å². The van der Waals surface area contributed by atoms with E-state index in [9.17, 15) is 0 Å². The lowest BCUT2D eigenvalue weighted by atomic mass is 9.87. The molecule has 102 valence electrons. The van der Waals surface area contributed by atoms with Crippen LogP contribution < -0.4 is 5.32 Å². The molecule has 19 heavy (non-hydrogen) atoms. The third kappa shape index (κ3) is 2.33. The molecule has 0 fully saturated rings. The van der Waals surface area contributed by atoms with Crippen LogP contribution in [0.5, 0.6) is 0 Å². The van der Waals surface area contributed by atoms with E-state index in [-0.39, 0.29) is 6.04 Å². The van der Waals surface area contributed by atoms with Crippen molar-refractivity contribution >= 4 is 0 Å². The Morgan fingerprint density at radius 1 is 1.00 bits per heavy atom. The van der Waals surface area contributed by atoms with E-state index in [2.05, 4.69) is 45.1 Å². The van der Waals surface area contributed by atoms with E-state index in [4.69, 9.17) is 4.42 Å². The second-order valence-electron chi connectivity index (χ2n) is 5.33. The van der Waals surface area contributed by atoms with Crippen molar-refractivity contribution in [2.75, 3.05) is 7.05 Å². The first-order valence-electron chi connectivity index (χ1n) is 6.76. The molecule has 1 N–H and O–H groups in total. The van der Waals surface area contributed by atoms with Crippen LogP contribution in [0, 0.1) is 34.6 Å². The van der Waals surface area contributed by atoms with Gasteiger partial charge in [-0.15, -0.1) is 0 Å². The van der Waals surface area contributed by atoms with Crippen molar-refractivity contribution in [1.82, 2.24) is 5.32 Å². The highest BCUT2D eigenvalue weighted by Crippen LogP contribution is 2.32. The summed E-state index contributed by atoms with van der Waals surface area (Å²) in [6.45, 7) is 10.8. The van der Waals surface area contributed by atoms with E-state index in [1.807, 2.05) is 14.0 Å². The fourth-order valence-corrected chi connectivity index (χ4v) is 2.83. The van der Waals surface area contributed by atoms with Gasteiger partial charge in [0.1, 0.15) is 5.76 Å². The number of hydrogen-bond acceptors (Lipinski definition) is 2. The molecule has 0 aliphatic carbocycles. The Kier molecular flexibility index (Phi) is 3.81. The summed E-state index contributed by atoms with van der Waals surface area (Å²) >= 11 is 0. The van der Waals surface area contributed by atoms with Crippen molar-refractivity contribution < 1.29 is 4.42 Å². The molecular formula is C17H23NO. The first-order chi connectivity index (χ1) is 8.97. The van der Waals surface area contributed by atoms with Crippen molar-refractivity contribution in [2.24, 2.45) is 0 Å². The summed E-state index contributed by atoms with van der Waals surface area (Å²) in [5.41, 5.74) is 8.02. The summed E-state index contributed by atoms with van der Waals surface area (Å²) in [6.07, 6.45) is 1.77. The van der Waals surface area contributed by atoms with Crippen LogP contribution in [0.15, 0.2) is 22.8 Å². The minimum atomic E-state index is 0.192. The molecular weight excluding hydrogens is 234 g/mol. The lowest BCUT2D eigenvalue weighted by molar-refractivity contribution is 0.523. The average molecular weight is 257 g/mol. The summed E-state index contributed by atoms with van der Waals surface area (Å²) in [5.74, 6) is 0.984. The number of furan rings is 1. The Bertz CT molecular complexity index is 569. The van der Waals surface area contributed by atoms with Crippen LogP contribution in [-0.2, 0) is 0 Å². The van der Waals surface area contributed by atoms with Gasteiger partial charge < -0.3 is 9.73 Å². The van der Waals surface area contributed by atoms with Crippen molar-refractivity contribution in [2.45, 2.75) is 40.7 Å². The molecule has 0 saturated heterocycles. The van der Waals surface area contributed by atoms with Crippen LogP contribution in [0.2, 0.25) is 0 Å². The molecule has 0 aliphatic rings. The normalized spacial score (nSPS) is 12.7. The maximum Gasteiger partial charge on any atom is 0.105 e. The molecule has 0 spiro atoms. The molecule has 1 aromatic heterocycles. The van der Waals surface area contributed by atoms with Gasteiger partial charge in [0, 0.05) is 5.56 Å². The van der Waals surface area contributed by atoms with Crippen LogP contribution in [0.25, 0.3) is 0 Å². The lowest BCUT2D eigenvalue weighted by Gasteiger charge is -2.23. The fraction of sp³-hybridized carbons (Fsp3) is 0.412. The van der Waals surface area contributed by atoms with E-state index in [1.165, 1.54) is 33.4 Å². The van der Waals surface area contributed by atoms with Crippen LogP contribution >= 0.6 is 0 Å². The summed E-state index contributed by atoms with van der Waals surface area (Å²) in [5, 5.41) is 3.44. The number of hydrogen-bond donors (Lipinski definition) is 1. The van der Waals surface area contributed by atoms with Crippen LogP contribution in [0.1, 0.15) is 45.2 Å². The Morgan fingerprint density at radius 2 is 1.58 bits per heavy atom. The largest absolute Gasteiger partial charge is 0.469 e. The van der Waals surface area contributed by atoms with Gasteiger partial charge in [0.2, 0.25) is 0 Å². The van der Waals surface area contributed by atoms with Gasteiger partial charge in [-0.25, -0.2) is 0 Å². The highest BCUT2D eigenvalue weighted by atomic mass is 16.3. The number of benzene rings is 1. The highest BCUT2D eigenvalue weighted by molar-refractivity contribution is 5.49. The number of aryl methyl sites for hydroxylation is 3. The minimum Gasteiger partial charge on any atom is -0.469 e. The van der Waals surface area contributed by atoms with Gasteiger partial charge in [-0.1, -0.05) is 6.07 Å². The van der Waals surface area contributed by atoms with E-state index in [0.717, 1.165) is 5.76 Å². The van der Waals surface area contributed by atoms with Crippen molar-refractivity contribution in [3.63, 3.8) is 0 Å². The number of rotatable bonds is 3. The molecule has 2 heteroatoms. The lowest BCUT2D eigenvalue weighted by Crippen LogP contribution is -2.21. The maximum atomic E-state index is 5.47. The van der Waals surface area contributed by atoms with E-state index in [0.29, 0.717) is 0 Å². The molecule has 0 aliphatic heterocycles. The molecule has 1 atom stereocenters. The topological polar surface area (TPSA) is 25.2 Å². The van der Waals surface area contributed by atoms with Gasteiger partial charge in [-0.05, 0) is 75.5 Å². The van der Waals surface area contributed by atoms with Gasteiger partial charge in [-0.3, -0.25) is 0 Å². The van der Waals surface area contributed by atoms with Gasteiger partial charge in [0.05, 0.1) is 12.3 Å². The molecule has 1 aromatic carbocycles. The molecule has 2 nitrogen and oxygen atoms in total. The minimum absolute atomic E-state index is 0.192. The predicted octanol–water partition coefficient (Wildman–Crippen LogP) is 4.13. The van der Waals surface area contributed by atoms with Crippen molar-refractivity contribution in [1.29, 1.82) is 0 Å². The monoisotopic (exact) mass is 257 g/mol. The molecule has 0 saturated carbocycles. The molecule has 2 rings (SSSR count). The Labute approximate surface area is 115 Å². The zero-order valence-electron chi connectivity index (χ0n) is 12.7. The molecule has 0 radical (unpaired) electrons. The molecule has 2 aromatic rings. The number of nitrogens with one attached hydrogen (secondary N) is 1. The Hall–Kier alpha value is -1.54. The quantitative estimate of drug-likeness (QED) is 0.894. The predicted molar refractivity (Wildman–Crippen MR) is 79.7 cm³/mol. The smallest absolute Gasteiger partial charge is 0.105 e. The van der Waals surface area contributed by atoms with Crippen molar-refractivity contribution in [3.8, 4) is 0 Å². The molecule has 1 unspecified atom stereocenters. The second kappa shape index (κ2) is 5.22. The molecule has 0 amide bonds. The summed E-state index contributed by atoms with van der Waals surface area (Å²) in [6, 6.07) is 4.52. The van der Waals surface area contributed by atoms with Gasteiger partial charge in [0.25, 0.3) is 0 Å². The molecule has 0 bridgehead atoms. The van der Waals surface area contributed by atoms with Gasteiger partial charge in [0.15, 0.2) is 0 Å². The standard InChI is InChI=1S/C17H23NO/c1-10-9-11(2)13(4)16(12(10)3)17(18-6)15-7-8-19-14(15)5/h7-9,17-18H,1-6H3. The van der Waals surface area contributed by atoms with Crippen LogP contribution in [0.3, 0.4) is 0 Å². The van der Waals surface area contributed by atoms with Crippen molar-refractivity contribution in [3.05, 3.63) is 57.5 Å². The highest BCUT2D eigenvalue weighted by Gasteiger charge is 2.21. The summed E-state index contributed by atoms with van der Waals surface area (Å²) in [7, 11) is 2.01. The Balaban J connectivity index is 2.66. The molecule has 1 heterocycles. The zero-order valence-corrected chi connectivity index (χ0v) is 12.7. The first-order valence-corrected chi connectivity index (χ1v) is 6.76. The first kappa shape index (κ1) is 13.9. The summed E-state index contributed by atoms with van der Waals surface area (Å²) < 4.78 is 5.47. The van der Waals surface area contributed by atoms with Crippen LogP contribution in [0.4, 0.5) is 0 Å². The summed E-state index contributed by atoms with van der Waals surface area (Å²) in [4.78, 5) is 0.